The molecule has 0 aliphatic rings. The molecule has 2 aromatic carbocycles. The third-order valence-corrected chi connectivity index (χ3v) is 3.56. The van der Waals surface area contributed by atoms with Gasteiger partial charge >= 0.3 is 6.03 Å². The fourth-order valence-electron chi connectivity index (χ4n) is 1.77. The van der Waals surface area contributed by atoms with Gasteiger partial charge < -0.3 is 15.7 Å². The Morgan fingerprint density at radius 2 is 1.86 bits per heavy atom. The molecule has 0 aliphatic carbocycles. The van der Waals surface area contributed by atoms with Crippen LogP contribution < -0.4 is 10.6 Å². The zero-order chi connectivity index (χ0) is 15.4. The summed E-state index contributed by atoms with van der Waals surface area (Å²) in [5.74, 6) is -0.236. The molecule has 0 saturated carbocycles. The Bertz CT molecular complexity index is 738. The van der Waals surface area contributed by atoms with Crippen LogP contribution in [-0.2, 0) is 0 Å². The van der Waals surface area contributed by atoms with E-state index in [-0.39, 0.29) is 17.0 Å². The minimum Gasteiger partial charge on any atom is -0.504 e. The van der Waals surface area contributed by atoms with E-state index in [2.05, 4.69) is 26.6 Å². The maximum Gasteiger partial charge on any atom is 0.323 e. The van der Waals surface area contributed by atoms with Crippen molar-refractivity contribution in [1.82, 2.24) is 0 Å². The topological polar surface area (TPSA) is 85.2 Å². The Balaban J connectivity index is 2.18. The summed E-state index contributed by atoms with van der Waals surface area (Å²) in [6, 6.07) is 11.8. The summed E-state index contributed by atoms with van der Waals surface area (Å²) in [6.07, 6.45) is 0. The van der Waals surface area contributed by atoms with E-state index in [1.54, 1.807) is 37.3 Å². The van der Waals surface area contributed by atoms with Crippen LogP contribution in [0.4, 0.5) is 16.2 Å². The third kappa shape index (κ3) is 3.33. The van der Waals surface area contributed by atoms with Crippen molar-refractivity contribution in [1.29, 1.82) is 5.26 Å². The number of rotatable bonds is 2. The first-order chi connectivity index (χ1) is 10.0. The van der Waals surface area contributed by atoms with Crippen molar-refractivity contribution in [2.75, 3.05) is 10.6 Å². The normalized spacial score (nSPS) is 9.76. The largest absolute Gasteiger partial charge is 0.504 e. The van der Waals surface area contributed by atoms with Gasteiger partial charge in [0.25, 0.3) is 0 Å². The Kier molecular flexibility index (Phi) is 4.45. The molecule has 5 nitrogen and oxygen atoms in total. The molecule has 0 bridgehead atoms. The summed E-state index contributed by atoms with van der Waals surface area (Å²) in [5.41, 5.74) is 1.57. The molecule has 0 fully saturated rings. The number of benzene rings is 2. The van der Waals surface area contributed by atoms with Crippen LogP contribution in [0.2, 0.25) is 0 Å². The molecule has 0 radical (unpaired) electrons. The lowest BCUT2D eigenvalue weighted by Gasteiger charge is -2.11. The van der Waals surface area contributed by atoms with E-state index in [0.717, 1.165) is 4.47 Å². The molecule has 21 heavy (non-hydrogen) atoms. The second kappa shape index (κ2) is 6.29. The summed E-state index contributed by atoms with van der Waals surface area (Å²) in [7, 11) is 0. The maximum atomic E-state index is 11.9. The first kappa shape index (κ1) is 14.9. The highest BCUT2D eigenvalue weighted by Gasteiger charge is 2.12. The molecule has 0 aromatic heterocycles. The Labute approximate surface area is 130 Å². The van der Waals surface area contributed by atoms with E-state index in [9.17, 15) is 9.90 Å². The number of halogens is 1. The quantitative estimate of drug-likeness (QED) is 0.719. The molecule has 0 saturated heterocycles. The van der Waals surface area contributed by atoms with Gasteiger partial charge in [-0.1, -0.05) is 18.2 Å². The monoisotopic (exact) mass is 345 g/mol. The van der Waals surface area contributed by atoms with E-state index in [1.807, 2.05) is 12.1 Å². The number of aromatic hydroxyl groups is 1. The fraction of sp³-hybridized carbons (Fsp3) is 0.0667. The van der Waals surface area contributed by atoms with Gasteiger partial charge in [-0.25, -0.2) is 4.79 Å². The molecule has 0 unspecified atom stereocenters. The highest BCUT2D eigenvalue weighted by Crippen LogP contribution is 2.30. The first-order valence-corrected chi connectivity index (χ1v) is 6.87. The summed E-state index contributed by atoms with van der Waals surface area (Å²) >= 11 is 3.32. The second-order valence-corrected chi connectivity index (χ2v) is 5.18. The van der Waals surface area contributed by atoms with Crippen molar-refractivity contribution in [3.63, 3.8) is 0 Å². The van der Waals surface area contributed by atoms with Crippen molar-refractivity contribution in [3.8, 4) is 11.8 Å². The number of hydrogen-bond donors (Lipinski definition) is 3. The molecule has 0 aliphatic heterocycles. The number of aryl methyl sites for hydroxylation is 1. The van der Waals surface area contributed by atoms with Crippen LogP contribution >= 0.6 is 15.9 Å². The van der Waals surface area contributed by atoms with Gasteiger partial charge in [-0.3, -0.25) is 0 Å². The number of phenolic OH excluding ortho intramolecular Hbond substituents is 1. The van der Waals surface area contributed by atoms with Gasteiger partial charge in [0.1, 0.15) is 6.07 Å². The highest BCUT2D eigenvalue weighted by atomic mass is 79.9. The summed E-state index contributed by atoms with van der Waals surface area (Å²) in [6.45, 7) is 1.71. The third-order valence-electron chi connectivity index (χ3n) is 2.87. The Morgan fingerprint density at radius 1 is 1.19 bits per heavy atom. The number of urea groups is 1. The minimum absolute atomic E-state index is 0.147. The number of hydrogen-bond acceptors (Lipinski definition) is 3. The highest BCUT2D eigenvalue weighted by molar-refractivity contribution is 9.10. The number of nitrogens with zero attached hydrogens (tertiary/aromatic N) is 1. The summed E-state index contributed by atoms with van der Waals surface area (Å²) in [5, 5.41) is 24.1. The summed E-state index contributed by atoms with van der Waals surface area (Å²) < 4.78 is 0.742. The molecular weight excluding hydrogens is 334 g/mol. The van der Waals surface area contributed by atoms with Crippen molar-refractivity contribution in [2.45, 2.75) is 6.92 Å². The van der Waals surface area contributed by atoms with E-state index in [4.69, 9.17) is 5.26 Å². The zero-order valence-corrected chi connectivity index (χ0v) is 12.7. The number of anilines is 2. The van der Waals surface area contributed by atoms with Gasteiger partial charge in [-0.2, -0.15) is 5.26 Å². The lowest BCUT2D eigenvalue weighted by Crippen LogP contribution is -2.19. The predicted molar refractivity (Wildman–Crippen MR) is 84.3 cm³/mol. The molecule has 0 heterocycles. The SMILES string of the molecule is Cc1ccc(NC(=O)Nc2ccccc2Br)c(O)c1C#N. The van der Waals surface area contributed by atoms with Crippen LogP contribution in [0, 0.1) is 18.3 Å². The first-order valence-electron chi connectivity index (χ1n) is 6.08. The number of para-hydroxylation sites is 1. The van der Waals surface area contributed by atoms with Crippen molar-refractivity contribution < 1.29 is 9.90 Å². The molecule has 3 N–H and O–H groups in total. The van der Waals surface area contributed by atoms with Crippen molar-refractivity contribution >= 4 is 33.3 Å². The number of carbonyl (C=O) groups excluding carboxylic acids is 1. The van der Waals surface area contributed by atoms with Gasteiger partial charge in [0.15, 0.2) is 5.75 Å². The lowest BCUT2D eigenvalue weighted by atomic mass is 10.1. The number of nitrogens with one attached hydrogen (secondary N) is 2. The van der Waals surface area contributed by atoms with Crippen LogP contribution in [0.25, 0.3) is 0 Å². The summed E-state index contributed by atoms with van der Waals surface area (Å²) in [4.78, 5) is 11.9. The number of amides is 2. The molecule has 2 rings (SSSR count). The van der Waals surface area contributed by atoms with Crippen molar-refractivity contribution in [2.24, 2.45) is 0 Å². The predicted octanol–water partition coefficient (Wildman–Crippen LogP) is 3.98. The van der Waals surface area contributed by atoms with Gasteiger partial charge in [0.05, 0.1) is 16.9 Å². The van der Waals surface area contributed by atoms with Crippen LogP contribution in [-0.4, -0.2) is 11.1 Å². The van der Waals surface area contributed by atoms with Gasteiger partial charge in [0.2, 0.25) is 0 Å². The van der Waals surface area contributed by atoms with E-state index in [0.29, 0.717) is 11.3 Å². The van der Waals surface area contributed by atoms with Crippen LogP contribution in [0.15, 0.2) is 40.9 Å². The fourth-order valence-corrected chi connectivity index (χ4v) is 2.16. The van der Waals surface area contributed by atoms with E-state index >= 15 is 0 Å². The zero-order valence-electron chi connectivity index (χ0n) is 11.1. The minimum atomic E-state index is -0.509. The Hall–Kier alpha value is -2.52. The molecular formula is C15H12BrN3O2. The molecule has 6 heteroatoms. The second-order valence-electron chi connectivity index (χ2n) is 4.32. The Morgan fingerprint density at radius 3 is 2.52 bits per heavy atom. The number of phenols is 1. The lowest BCUT2D eigenvalue weighted by molar-refractivity contribution is 0.262. The molecule has 0 atom stereocenters. The molecule has 2 amide bonds. The van der Waals surface area contributed by atoms with E-state index < -0.39 is 6.03 Å². The van der Waals surface area contributed by atoms with E-state index in [1.165, 1.54) is 0 Å². The van der Waals surface area contributed by atoms with Gasteiger partial charge in [-0.05, 0) is 46.6 Å². The molecule has 106 valence electrons. The molecule has 0 spiro atoms. The standard InChI is InChI=1S/C15H12BrN3O2/c1-9-6-7-13(14(20)10(9)8-17)19-15(21)18-12-5-3-2-4-11(12)16/h2-7,20H,1H3,(H2,18,19,21). The average Bonchev–Trinajstić information content (AvgIpc) is 2.45. The van der Waals surface area contributed by atoms with Crippen LogP contribution in [0.3, 0.4) is 0 Å². The van der Waals surface area contributed by atoms with Gasteiger partial charge in [0, 0.05) is 4.47 Å². The van der Waals surface area contributed by atoms with Crippen LogP contribution in [0.5, 0.6) is 5.75 Å². The number of nitriles is 1. The molecule has 2 aromatic rings. The average molecular weight is 346 g/mol. The van der Waals surface area contributed by atoms with Crippen molar-refractivity contribution in [3.05, 3.63) is 52.0 Å². The van der Waals surface area contributed by atoms with Crippen LogP contribution in [0.1, 0.15) is 11.1 Å². The maximum absolute atomic E-state index is 11.9. The smallest absolute Gasteiger partial charge is 0.323 e. The number of carbonyl (C=O) groups is 1. The van der Waals surface area contributed by atoms with Gasteiger partial charge in [-0.15, -0.1) is 0 Å².